The van der Waals surface area contributed by atoms with Gasteiger partial charge < -0.3 is 19.7 Å². The Morgan fingerprint density at radius 2 is 1.89 bits per heavy atom. The highest BCUT2D eigenvalue weighted by molar-refractivity contribution is 5.58. The first-order chi connectivity index (χ1) is 9.21. The van der Waals surface area contributed by atoms with Gasteiger partial charge in [-0.25, -0.2) is 9.97 Å². The summed E-state index contributed by atoms with van der Waals surface area (Å²) in [5, 5.41) is 3.25. The van der Waals surface area contributed by atoms with Crippen LogP contribution >= 0.6 is 0 Å². The fraction of sp³-hybridized carbons (Fsp3) is 0.692. The van der Waals surface area contributed by atoms with E-state index in [1.165, 1.54) is 0 Å². The van der Waals surface area contributed by atoms with Gasteiger partial charge in [-0.15, -0.1) is 0 Å². The van der Waals surface area contributed by atoms with Crippen molar-refractivity contribution in [1.29, 1.82) is 0 Å². The molecule has 1 N–H and O–H groups in total. The molecule has 1 fully saturated rings. The number of aromatic nitrogens is 2. The Bertz CT molecular complexity index is 415. The van der Waals surface area contributed by atoms with E-state index < -0.39 is 0 Å². The first-order valence-electron chi connectivity index (χ1n) is 6.57. The van der Waals surface area contributed by atoms with E-state index in [1.807, 2.05) is 6.92 Å². The van der Waals surface area contributed by atoms with Gasteiger partial charge in [-0.3, -0.25) is 0 Å². The molecule has 1 saturated heterocycles. The Kier molecular flexibility index (Phi) is 4.55. The molecule has 106 valence electrons. The van der Waals surface area contributed by atoms with Crippen LogP contribution in [0.25, 0.3) is 0 Å². The largest absolute Gasteiger partial charge is 0.377 e. The number of hydrogen-bond donors (Lipinski definition) is 1. The van der Waals surface area contributed by atoms with Gasteiger partial charge in [0.2, 0.25) is 0 Å². The standard InChI is InChI=1S/C13H22N4O2/c1-5-14-12-9(2)13(16-8-15-12)17-6-10(18-3)11(7-17)19-4/h8,10-11H,5-7H2,1-4H3,(H,14,15,16). The van der Waals surface area contributed by atoms with Crippen molar-refractivity contribution >= 4 is 11.6 Å². The van der Waals surface area contributed by atoms with Gasteiger partial charge in [-0.05, 0) is 13.8 Å². The highest BCUT2D eigenvalue weighted by Gasteiger charge is 2.34. The first-order valence-corrected chi connectivity index (χ1v) is 6.57. The van der Waals surface area contributed by atoms with Crippen molar-refractivity contribution in [3.8, 4) is 0 Å². The number of methoxy groups -OCH3 is 2. The summed E-state index contributed by atoms with van der Waals surface area (Å²) in [7, 11) is 3.44. The van der Waals surface area contributed by atoms with Crippen LogP contribution in [-0.4, -0.2) is 56.0 Å². The van der Waals surface area contributed by atoms with E-state index in [2.05, 4.69) is 27.1 Å². The van der Waals surface area contributed by atoms with Crippen molar-refractivity contribution in [2.24, 2.45) is 0 Å². The molecule has 6 heteroatoms. The summed E-state index contributed by atoms with van der Waals surface area (Å²) in [5.41, 5.74) is 1.07. The molecule has 1 aliphatic heterocycles. The molecule has 0 aliphatic carbocycles. The summed E-state index contributed by atoms with van der Waals surface area (Å²) >= 11 is 0. The molecule has 0 aromatic carbocycles. The fourth-order valence-electron chi connectivity index (χ4n) is 2.48. The normalized spacial score (nSPS) is 22.8. The second-order valence-corrected chi connectivity index (χ2v) is 4.65. The average Bonchev–Trinajstić information content (AvgIpc) is 2.84. The maximum absolute atomic E-state index is 5.46. The molecule has 2 atom stereocenters. The lowest BCUT2D eigenvalue weighted by molar-refractivity contribution is -0.00461. The minimum atomic E-state index is 0.0851. The van der Waals surface area contributed by atoms with E-state index in [-0.39, 0.29) is 12.2 Å². The maximum atomic E-state index is 5.46. The molecule has 0 spiro atoms. The van der Waals surface area contributed by atoms with E-state index in [0.717, 1.165) is 36.8 Å². The zero-order chi connectivity index (χ0) is 13.8. The second-order valence-electron chi connectivity index (χ2n) is 4.65. The van der Waals surface area contributed by atoms with Crippen LogP contribution in [0.2, 0.25) is 0 Å². The van der Waals surface area contributed by atoms with Crippen LogP contribution in [0.15, 0.2) is 6.33 Å². The highest BCUT2D eigenvalue weighted by atomic mass is 16.5. The molecular weight excluding hydrogens is 244 g/mol. The SMILES string of the molecule is CCNc1ncnc(N2CC(OC)C(OC)C2)c1C. The van der Waals surface area contributed by atoms with Gasteiger partial charge in [-0.1, -0.05) is 0 Å². The van der Waals surface area contributed by atoms with Crippen LogP contribution in [0.5, 0.6) is 0 Å². The molecule has 0 radical (unpaired) electrons. The summed E-state index contributed by atoms with van der Waals surface area (Å²) in [6.45, 7) is 6.52. The molecule has 6 nitrogen and oxygen atoms in total. The zero-order valence-electron chi connectivity index (χ0n) is 12.0. The van der Waals surface area contributed by atoms with Crippen LogP contribution in [0.3, 0.4) is 0 Å². The van der Waals surface area contributed by atoms with Crippen LogP contribution in [0, 0.1) is 6.92 Å². The zero-order valence-corrected chi connectivity index (χ0v) is 12.0. The molecule has 0 saturated carbocycles. The summed E-state index contributed by atoms with van der Waals surface area (Å²) in [6.07, 6.45) is 1.77. The van der Waals surface area contributed by atoms with Crippen LogP contribution in [-0.2, 0) is 9.47 Å². The lowest BCUT2D eigenvalue weighted by atomic mass is 10.3. The Morgan fingerprint density at radius 1 is 1.26 bits per heavy atom. The van der Waals surface area contributed by atoms with Crippen molar-refractivity contribution in [2.45, 2.75) is 26.1 Å². The molecular formula is C13H22N4O2. The third-order valence-corrected chi connectivity index (χ3v) is 3.52. The molecule has 0 amide bonds. The van der Waals surface area contributed by atoms with Gasteiger partial charge in [0.25, 0.3) is 0 Å². The number of nitrogens with zero attached hydrogens (tertiary/aromatic N) is 3. The highest BCUT2D eigenvalue weighted by Crippen LogP contribution is 2.27. The fourth-order valence-corrected chi connectivity index (χ4v) is 2.48. The lowest BCUT2D eigenvalue weighted by Gasteiger charge is -2.20. The van der Waals surface area contributed by atoms with E-state index in [4.69, 9.17) is 9.47 Å². The summed E-state index contributed by atoms with van der Waals surface area (Å²) < 4.78 is 10.9. The van der Waals surface area contributed by atoms with Crippen LogP contribution in [0.4, 0.5) is 11.6 Å². The van der Waals surface area contributed by atoms with E-state index >= 15 is 0 Å². The monoisotopic (exact) mass is 266 g/mol. The van der Waals surface area contributed by atoms with Crippen molar-refractivity contribution in [1.82, 2.24) is 9.97 Å². The number of ether oxygens (including phenoxy) is 2. The predicted octanol–water partition coefficient (Wildman–Crippen LogP) is 1.07. The van der Waals surface area contributed by atoms with Crippen molar-refractivity contribution in [3.05, 3.63) is 11.9 Å². The smallest absolute Gasteiger partial charge is 0.137 e. The quantitative estimate of drug-likeness (QED) is 0.860. The summed E-state index contributed by atoms with van der Waals surface area (Å²) in [4.78, 5) is 10.9. The van der Waals surface area contributed by atoms with Gasteiger partial charge in [0, 0.05) is 39.4 Å². The molecule has 2 rings (SSSR count). The number of hydrogen-bond acceptors (Lipinski definition) is 6. The Balaban J connectivity index is 2.21. The first kappa shape index (κ1) is 14.0. The third-order valence-electron chi connectivity index (χ3n) is 3.52. The van der Waals surface area contributed by atoms with Gasteiger partial charge in [0.1, 0.15) is 30.2 Å². The topological polar surface area (TPSA) is 59.5 Å². The van der Waals surface area contributed by atoms with Crippen molar-refractivity contribution < 1.29 is 9.47 Å². The van der Waals surface area contributed by atoms with E-state index in [9.17, 15) is 0 Å². The Labute approximate surface area is 114 Å². The minimum absolute atomic E-state index is 0.0851. The van der Waals surface area contributed by atoms with Gasteiger partial charge in [-0.2, -0.15) is 0 Å². The van der Waals surface area contributed by atoms with E-state index in [0.29, 0.717) is 0 Å². The summed E-state index contributed by atoms with van der Waals surface area (Å²) in [5.74, 6) is 1.84. The van der Waals surface area contributed by atoms with Gasteiger partial charge >= 0.3 is 0 Å². The molecule has 19 heavy (non-hydrogen) atoms. The Morgan fingerprint density at radius 3 is 2.42 bits per heavy atom. The minimum Gasteiger partial charge on any atom is -0.377 e. The molecule has 0 bridgehead atoms. The van der Waals surface area contributed by atoms with Crippen LogP contribution < -0.4 is 10.2 Å². The van der Waals surface area contributed by atoms with Crippen molar-refractivity contribution in [3.63, 3.8) is 0 Å². The third kappa shape index (κ3) is 2.79. The van der Waals surface area contributed by atoms with Crippen LogP contribution in [0.1, 0.15) is 12.5 Å². The molecule has 1 aromatic rings. The molecule has 1 aromatic heterocycles. The summed E-state index contributed by atoms with van der Waals surface area (Å²) in [6, 6.07) is 0. The van der Waals surface area contributed by atoms with Crippen molar-refractivity contribution in [2.75, 3.05) is 44.1 Å². The number of nitrogens with one attached hydrogen (secondary N) is 1. The van der Waals surface area contributed by atoms with Gasteiger partial charge in [0.15, 0.2) is 0 Å². The number of rotatable bonds is 5. The van der Waals surface area contributed by atoms with E-state index in [1.54, 1.807) is 20.5 Å². The second kappa shape index (κ2) is 6.16. The molecule has 1 aliphatic rings. The Hall–Kier alpha value is -1.40. The lowest BCUT2D eigenvalue weighted by Crippen LogP contribution is -2.27. The number of anilines is 2. The molecule has 2 heterocycles. The van der Waals surface area contributed by atoms with Gasteiger partial charge in [0.05, 0.1) is 0 Å². The molecule has 2 unspecified atom stereocenters. The predicted molar refractivity (Wildman–Crippen MR) is 74.7 cm³/mol. The average molecular weight is 266 g/mol. The maximum Gasteiger partial charge on any atom is 0.137 e.